The Morgan fingerprint density at radius 1 is 1.00 bits per heavy atom. The summed E-state index contributed by atoms with van der Waals surface area (Å²) in [7, 11) is 3.99. The van der Waals surface area contributed by atoms with Crippen molar-refractivity contribution in [1.82, 2.24) is 19.7 Å². The minimum Gasteiger partial charge on any atom is -0.353 e. The number of benzene rings is 1. The highest BCUT2D eigenvalue weighted by atomic mass is 19.4. The van der Waals surface area contributed by atoms with Crippen LogP contribution in [0.25, 0.3) is 0 Å². The number of hydrogen-bond acceptors (Lipinski definition) is 4. The van der Waals surface area contributed by atoms with Gasteiger partial charge >= 0.3 is 18.0 Å². The van der Waals surface area contributed by atoms with Crippen molar-refractivity contribution in [2.75, 3.05) is 45.1 Å². The number of amides is 2. The third-order valence-electron chi connectivity index (χ3n) is 5.44. The van der Waals surface area contributed by atoms with Crippen molar-refractivity contribution >= 4 is 17.5 Å². The van der Waals surface area contributed by atoms with E-state index >= 15 is 0 Å². The number of hydrogen-bond donors (Lipinski definition) is 2. The monoisotopic (exact) mass is 437 g/mol. The lowest BCUT2D eigenvalue weighted by Gasteiger charge is -2.38. The lowest BCUT2D eigenvalue weighted by atomic mass is 10.1. The van der Waals surface area contributed by atoms with E-state index in [0.29, 0.717) is 0 Å². The van der Waals surface area contributed by atoms with Gasteiger partial charge in [0.25, 0.3) is 0 Å². The Morgan fingerprint density at radius 3 is 2.19 bits per heavy atom. The van der Waals surface area contributed by atoms with Gasteiger partial charge in [-0.2, -0.15) is 13.2 Å². The number of alkyl halides is 3. The average Bonchev–Trinajstić information content (AvgIpc) is 3.14. The molecule has 0 radical (unpaired) electrons. The zero-order chi connectivity index (χ0) is 22.6. The maximum Gasteiger partial charge on any atom is 0.416 e. The summed E-state index contributed by atoms with van der Waals surface area (Å²) < 4.78 is 39.9. The van der Waals surface area contributed by atoms with Gasteiger partial charge in [0.2, 0.25) is 0 Å². The maximum atomic E-state index is 12.6. The van der Waals surface area contributed by atoms with Crippen molar-refractivity contribution in [2.45, 2.75) is 12.2 Å². The largest absolute Gasteiger partial charge is 0.416 e. The number of nitrogens with one attached hydrogen (secondary N) is 2. The van der Waals surface area contributed by atoms with Crippen LogP contribution >= 0.6 is 0 Å². The smallest absolute Gasteiger partial charge is 0.353 e. The fraction of sp³-hybridized carbons (Fsp3) is 0.429. The van der Waals surface area contributed by atoms with Gasteiger partial charge in [0.05, 0.1) is 11.6 Å². The molecule has 1 aliphatic heterocycles. The molecule has 168 valence electrons. The molecule has 0 saturated carbocycles. The maximum absolute atomic E-state index is 12.6. The summed E-state index contributed by atoms with van der Waals surface area (Å²) >= 11 is 0. The minimum absolute atomic E-state index is 0.100. The second-order valence-corrected chi connectivity index (χ2v) is 7.64. The molecule has 0 aliphatic carbocycles. The fourth-order valence-electron chi connectivity index (χ4n) is 3.57. The van der Waals surface area contributed by atoms with Gasteiger partial charge in [-0.05, 0) is 43.4 Å². The fourth-order valence-corrected chi connectivity index (χ4v) is 3.57. The highest BCUT2D eigenvalue weighted by Crippen LogP contribution is 2.29. The van der Waals surface area contributed by atoms with Crippen LogP contribution in [-0.4, -0.2) is 66.0 Å². The van der Waals surface area contributed by atoms with Crippen molar-refractivity contribution in [3.8, 4) is 0 Å². The number of piperazine rings is 1. The van der Waals surface area contributed by atoms with E-state index in [2.05, 4.69) is 27.5 Å². The lowest BCUT2D eigenvalue weighted by Crippen LogP contribution is -2.49. The molecule has 0 spiro atoms. The van der Waals surface area contributed by atoms with Crippen molar-refractivity contribution in [3.63, 3.8) is 0 Å². The molecule has 10 heteroatoms. The van der Waals surface area contributed by atoms with E-state index in [1.165, 1.54) is 0 Å². The third kappa shape index (κ3) is 5.86. The normalized spacial score (nSPS) is 16.7. The SMILES string of the molecule is CN1CCN([C@H](CNC(=O)C(=O)Nc2ccc(C(F)(F)F)cc2)c2cccn2C)CC1. The van der Waals surface area contributed by atoms with E-state index in [-0.39, 0.29) is 18.3 Å². The van der Waals surface area contributed by atoms with Crippen molar-refractivity contribution in [3.05, 3.63) is 53.9 Å². The molecule has 1 atom stereocenters. The zero-order valence-corrected chi connectivity index (χ0v) is 17.4. The molecule has 1 aromatic carbocycles. The van der Waals surface area contributed by atoms with Crippen LogP contribution in [0, 0.1) is 0 Å². The van der Waals surface area contributed by atoms with Crippen LogP contribution in [0.5, 0.6) is 0 Å². The summed E-state index contributed by atoms with van der Waals surface area (Å²) in [5.74, 6) is -1.77. The summed E-state index contributed by atoms with van der Waals surface area (Å²) in [4.78, 5) is 29.0. The molecule has 3 rings (SSSR count). The van der Waals surface area contributed by atoms with Crippen LogP contribution in [0.2, 0.25) is 0 Å². The number of carbonyl (C=O) groups is 2. The molecule has 31 heavy (non-hydrogen) atoms. The molecule has 2 aromatic rings. The number of anilines is 1. The highest BCUT2D eigenvalue weighted by Gasteiger charge is 2.30. The van der Waals surface area contributed by atoms with E-state index in [1.54, 1.807) is 0 Å². The Morgan fingerprint density at radius 2 is 1.65 bits per heavy atom. The second kappa shape index (κ2) is 9.52. The first kappa shape index (κ1) is 22.8. The number of carbonyl (C=O) groups excluding carboxylic acids is 2. The number of likely N-dealkylation sites (N-methyl/N-ethyl adjacent to an activating group) is 1. The van der Waals surface area contributed by atoms with E-state index in [9.17, 15) is 22.8 Å². The van der Waals surface area contributed by atoms with Crippen molar-refractivity contribution in [2.24, 2.45) is 7.05 Å². The molecular weight excluding hydrogens is 411 g/mol. The molecule has 2 N–H and O–H groups in total. The predicted molar refractivity (Wildman–Crippen MR) is 110 cm³/mol. The van der Waals surface area contributed by atoms with Crippen LogP contribution in [-0.2, 0) is 22.8 Å². The third-order valence-corrected chi connectivity index (χ3v) is 5.44. The van der Waals surface area contributed by atoms with E-state index < -0.39 is 23.6 Å². The summed E-state index contributed by atoms with van der Waals surface area (Å²) in [6, 6.07) is 7.75. The summed E-state index contributed by atoms with van der Waals surface area (Å²) in [6.45, 7) is 3.72. The standard InChI is InChI=1S/C21H26F3N5O2/c1-27-10-12-29(13-11-27)18(17-4-3-9-28(17)2)14-25-19(30)20(31)26-16-7-5-15(6-8-16)21(22,23)24/h3-9,18H,10-14H2,1-2H3,(H,25,30)(H,26,31)/t18-/m1/s1. The van der Waals surface area contributed by atoms with E-state index in [4.69, 9.17) is 0 Å². The van der Waals surface area contributed by atoms with Gasteiger partial charge in [0.1, 0.15) is 0 Å². The molecule has 7 nitrogen and oxygen atoms in total. The molecule has 0 bridgehead atoms. The molecule has 2 amide bonds. The molecule has 1 aromatic heterocycles. The lowest BCUT2D eigenvalue weighted by molar-refractivity contribution is -0.137. The Hall–Kier alpha value is -2.85. The van der Waals surface area contributed by atoms with Gasteiger partial charge in [0, 0.05) is 57.3 Å². The van der Waals surface area contributed by atoms with Gasteiger partial charge in [0.15, 0.2) is 0 Å². The number of aromatic nitrogens is 1. The number of aryl methyl sites for hydroxylation is 1. The first-order valence-electron chi connectivity index (χ1n) is 9.95. The molecule has 1 aliphatic rings. The Bertz CT molecular complexity index is 902. The van der Waals surface area contributed by atoms with Gasteiger partial charge in [-0.15, -0.1) is 0 Å². The molecule has 0 unspecified atom stereocenters. The molecular formula is C21H26F3N5O2. The van der Waals surface area contributed by atoms with E-state index in [1.807, 2.05) is 29.9 Å². The summed E-state index contributed by atoms with van der Waals surface area (Å²) in [6.07, 6.45) is -2.54. The average molecular weight is 437 g/mol. The minimum atomic E-state index is -4.46. The van der Waals surface area contributed by atoms with Crippen LogP contribution in [0.15, 0.2) is 42.6 Å². The van der Waals surface area contributed by atoms with Gasteiger partial charge in [-0.1, -0.05) is 0 Å². The number of nitrogens with zero attached hydrogens (tertiary/aromatic N) is 3. The highest BCUT2D eigenvalue weighted by molar-refractivity contribution is 6.39. The van der Waals surface area contributed by atoms with Gasteiger partial charge in [-0.25, -0.2) is 0 Å². The molecule has 2 heterocycles. The number of rotatable bonds is 5. The quantitative estimate of drug-likeness (QED) is 0.703. The molecule has 1 saturated heterocycles. The van der Waals surface area contributed by atoms with E-state index in [0.717, 1.165) is 56.1 Å². The predicted octanol–water partition coefficient (Wildman–Crippen LogP) is 2.09. The Labute approximate surface area is 178 Å². The topological polar surface area (TPSA) is 69.6 Å². The van der Waals surface area contributed by atoms with Crippen molar-refractivity contribution in [1.29, 1.82) is 0 Å². The second-order valence-electron chi connectivity index (χ2n) is 7.64. The Balaban J connectivity index is 1.61. The van der Waals surface area contributed by atoms with Crippen LogP contribution in [0.3, 0.4) is 0 Å². The zero-order valence-electron chi connectivity index (χ0n) is 17.4. The van der Waals surface area contributed by atoms with Gasteiger partial charge < -0.3 is 20.1 Å². The number of halogens is 3. The van der Waals surface area contributed by atoms with Crippen LogP contribution < -0.4 is 10.6 Å². The first-order chi connectivity index (χ1) is 14.6. The first-order valence-corrected chi connectivity index (χ1v) is 9.95. The summed E-state index contributed by atoms with van der Waals surface area (Å²) in [5, 5.41) is 4.99. The summed E-state index contributed by atoms with van der Waals surface area (Å²) in [5.41, 5.74) is 0.312. The Kier molecular flexibility index (Phi) is 7.01. The van der Waals surface area contributed by atoms with Crippen LogP contribution in [0.1, 0.15) is 17.3 Å². The van der Waals surface area contributed by atoms with Crippen molar-refractivity contribution < 1.29 is 22.8 Å². The van der Waals surface area contributed by atoms with Crippen LogP contribution in [0.4, 0.5) is 18.9 Å². The van der Waals surface area contributed by atoms with Gasteiger partial charge in [-0.3, -0.25) is 14.5 Å². The molecule has 1 fully saturated rings.